The van der Waals surface area contributed by atoms with Gasteiger partial charge in [-0.1, -0.05) is 182 Å². The van der Waals surface area contributed by atoms with Gasteiger partial charge in [0.25, 0.3) is 0 Å². The van der Waals surface area contributed by atoms with Gasteiger partial charge in [-0.2, -0.15) is 0 Å². The molecule has 2 saturated heterocycles. The van der Waals surface area contributed by atoms with Crippen LogP contribution in [0.1, 0.15) is 39.8 Å². The van der Waals surface area contributed by atoms with E-state index < -0.39 is 61.0 Å². The van der Waals surface area contributed by atoms with Crippen molar-refractivity contribution in [2.45, 2.75) is 101 Å². The molecule has 0 bridgehead atoms. The molecule has 2 aliphatic rings. The van der Waals surface area contributed by atoms with Crippen molar-refractivity contribution >= 4 is 0 Å². The number of benzene rings is 6. The maximum absolute atomic E-state index is 12.7. The molecule has 2 heterocycles. The third-order valence-corrected chi connectivity index (χ3v) is 12.2. The smallest absolute Gasteiger partial charge is 0.184 e. The molecule has 0 amide bonds. The van der Waals surface area contributed by atoms with E-state index in [0.29, 0.717) is 32.8 Å². The van der Waals surface area contributed by atoms with Crippen molar-refractivity contribution in [2.75, 3.05) is 20.3 Å². The predicted molar refractivity (Wildman–Crippen MR) is 251 cm³/mol. The third kappa shape index (κ3) is 13.5. The van der Waals surface area contributed by atoms with Gasteiger partial charge < -0.3 is 47.7 Å². The van der Waals surface area contributed by atoms with Gasteiger partial charge in [0.15, 0.2) is 6.29 Å². The van der Waals surface area contributed by atoms with Crippen molar-refractivity contribution in [3.05, 3.63) is 215 Å². The standard InChI is InChI=1S/C56H62O10/c1-58-56-53(62-36-44-26-14-5-15-27-44)47(52(61-35-43-24-12-4-13-25-43)49(66-56)39-59-33-41-20-8-2-9-21-41)32-48-51(57)55(64-38-46-30-18-7-19-31-46)54(63-37-45-28-16-6-17-29-45)50(65-48)40-60-34-42-22-10-3-11-23-42/h2-31,47-57H,32-40H2,1H3/t47-,48-,49+,50+,51-,52+,53+,54+,55+,56-/m0/s1. The van der Waals surface area contributed by atoms with Crippen molar-refractivity contribution in [3.63, 3.8) is 0 Å². The van der Waals surface area contributed by atoms with Gasteiger partial charge in [-0.05, 0) is 39.8 Å². The lowest BCUT2D eigenvalue weighted by Gasteiger charge is -2.49. The van der Waals surface area contributed by atoms with Crippen molar-refractivity contribution in [1.82, 2.24) is 0 Å². The van der Waals surface area contributed by atoms with Crippen LogP contribution < -0.4 is 0 Å². The number of hydrogen-bond acceptors (Lipinski definition) is 10. The highest BCUT2D eigenvalue weighted by Crippen LogP contribution is 2.39. The molecule has 0 aromatic heterocycles. The first-order valence-electron chi connectivity index (χ1n) is 23.0. The molecule has 0 spiro atoms. The first kappa shape index (κ1) is 47.4. The van der Waals surface area contributed by atoms with Gasteiger partial charge in [0.05, 0.1) is 65.1 Å². The number of ether oxygens (including phenoxy) is 9. The zero-order valence-electron chi connectivity index (χ0n) is 37.6. The summed E-state index contributed by atoms with van der Waals surface area (Å²) in [5, 5.41) is 12.7. The summed E-state index contributed by atoms with van der Waals surface area (Å²) in [5.41, 5.74) is 6.05. The van der Waals surface area contributed by atoms with E-state index >= 15 is 0 Å². The van der Waals surface area contributed by atoms with Crippen LogP contribution in [-0.4, -0.2) is 80.6 Å². The van der Waals surface area contributed by atoms with E-state index in [9.17, 15) is 5.11 Å². The Morgan fingerprint density at radius 1 is 0.379 bits per heavy atom. The molecule has 0 saturated carbocycles. The topological polar surface area (TPSA) is 103 Å². The maximum Gasteiger partial charge on any atom is 0.184 e. The summed E-state index contributed by atoms with van der Waals surface area (Å²) in [6.07, 6.45) is -6.29. The number of rotatable bonds is 23. The van der Waals surface area contributed by atoms with E-state index in [4.69, 9.17) is 42.6 Å². The Morgan fingerprint density at radius 3 is 1.11 bits per heavy atom. The number of methoxy groups -OCH3 is 1. The molecule has 66 heavy (non-hydrogen) atoms. The van der Waals surface area contributed by atoms with Crippen LogP contribution in [0.3, 0.4) is 0 Å². The Morgan fingerprint density at radius 2 is 0.712 bits per heavy atom. The molecule has 10 nitrogen and oxygen atoms in total. The Kier molecular flexibility index (Phi) is 18.1. The highest BCUT2D eigenvalue weighted by Gasteiger charge is 2.53. The summed E-state index contributed by atoms with van der Waals surface area (Å²) in [6.45, 7) is 2.33. The molecule has 0 radical (unpaired) electrons. The van der Waals surface area contributed by atoms with E-state index in [1.54, 1.807) is 7.11 Å². The molecule has 2 aliphatic heterocycles. The molecule has 10 heteroatoms. The number of hydrogen-bond donors (Lipinski definition) is 1. The van der Waals surface area contributed by atoms with Gasteiger partial charge >= 0.3 is 0 Å². The van der Waals surface area contributed by atoms with E-state index in [1.807, 2.05) is 182 Å². The zero-order valence-corrected chi connectivity index (χ0v) is 37.6. The maximum atomic E-state index is 12.7. The first-order chi connectivity index (χ1) is 32.6. The van der Waals surface area contributed by atoms with Gasteiger partial charge in [0.1, 0.15) is 36.6 Å². The molecule has 346 valence electrons. The summed E-state index contributed by atoms with van der Waals surface area (Å²) in [5.74, 6) is -0.427. The molecule has 8 rings (SSSR count). The number of aliphatic hydroxyl groups is 1. The monoisotopic (exact) mass is 894 g/mol. The average molecular weight is 895 g/mol. The highest BCUT2D eigenvalue weighted by molar-refractivity contribution is 5.18. The fourth-order valence-electron chi connectivity index (χ4n) is 8.81. The largest absolute Gasteiger partial charge is 0.388 e. The van der Waals surface area contributed by atoms with Crippen molar-refractivity contribution in [3.8, 4) is 0 Å². The molecule has 0 unspecified atom stereocenters. The van der Waals surface area contributed by atoms with E-state index in [2.05, 4.69) is 0 Å². The van der Waals surface area contributed by atoms with Crippen LogP contribution in [0.4, 0.5) is 0 Å². The molecule has 6 aromatic rings. The van der Waals surface area contributed by atoms with Crippen LogP contribution >= 0.6 is 0 Å². The Labute approximate surface area is 389 Å². The van der Waals surface area contributed by atoms with E-state index in [1.165, 1.54) is 0 Å². The van der Waals surface area contributed by atoms with Gasteiger partial charge in [-0.15, -0.1) is 0 Å². The lowest BCUT2D eigenvalue weighted by atomic mass is 9.81. The first-order valence-corrected chi connectivity index (χ1v) is 23.0. The van der Waals surface area contributed by atoms with Crippen LogP contribution in [0.2, 0.25) is 0 Å². The van der Waals surface area contributed by atoms with Gasteiger partial charge in [0.2, 0.25) is 0 Å². The summed E-state index contributed by atoms with van der Waals surface area (Å²) in [6, 6.07) is 60.1. The SMILES string of the molecule is CO[C@H]1O[C@H](COCc2ccccc2)[C@H](OCc2ccccc2)[C@H](C[C@@H]2O[C@H](COCc3ccccc3)[C@@H](OCc3ccccc3)[C@H](OCc3ccccc3)[C@H]2O)[C@H]1OCc1ccccc1. The quantitative estimate of drug-likeness (QED) is 0.0670. The highest BCUT2D eigenvalue weighted by atomic mass is 16.7. The third-order valence-electron chi connectivity index (χ3n) is 12.2. The van der Waals surface area contributed by atoms with E-state index in [0.717, 1.165) is 33.4 Å². The second kappa shape index (κ2) is 25.2. The summed E-state index contributed by atoms with van der Waals surface area (Å²) in [4.78, 5) is 0. The summed E-state index contributed by atoms with van der Waals surface area (Å²) < 4.78 is 60.2. The average Bonchev–Trinajstić information content (AvgIpc) is 3.37. The Balaban J connectivity index is 1.13. The molecule has 1 N–H and O–H groups in total. The minimum atomic E-state index is -1.12. The minimum Gasteiger partial charge on any atom is -0.388 e. The lowest BCUT2D eigenvalue weighted by molar-refractivity contribution is -0.314. The van der Waals surface area contributed by atoms with Crippen LogP contribution in [0.25, 0.3) is 0 Å². The molecule has 0 aliphatic carbocycles. The molecular formula is C56H62O10. The normalized spacial score (nSPS) is 25.4. The lowest BCUT2D eigenvalue weighted by Crippen LogP contribution is -2.63. The molecule has 2 fully saturated rings. The van der Waals surface area contributed by atoms with E-state index in [-0.39, 0.29) is 26.4 Å². The van der Waals surface area contributed by atoms with Gasteiger partial charge in [-0.25, -0.2) is 0 Å². The molecular weight excluding hydrogens is 833 g/mol. The number of aliphatic hydroxyl groups excluding tert-OH is 1. The van der Waals surface area contributed by atoms with Crippen LogP contribution in [-0.2, 0) is 82.3 Å². The predicted octanol–water partition coefficient (Wildman–Crippen LogP) is 9.27. The Bertz CT molecular complexity index is 2220. The van der Waals surface area contributed by atoms with Crippen LogP contribution in [0, 0.1) is 5.92 Å². The van der Waals surface area contributed by atoms with Crippen molar-refractivity contribution < 1.29 is 47.7 Å². The Hall–Kier alpha value is -5.08. The van der Waals surface area contributed by atoms with Gasteiger partial charge in [-0.3, -0.25) is 0 Å². The second-order valence-electron chi connectivity index (χ2n) is 16.9. The van der Waals surface area contributed by atoms with Crippen molar-refractivity contribution in [2.24, 2.45) is 5.92 Å². The van der Waals surface area contributed by atoms with Gasteiger partial charge in [0, 0.05) is 13.0 Å². The molecule has 6 aromatic carbocycles. The summed E-state index contributed by atoms with van der Waals surface area (Å²) >= 11 is 0. The van der Waals surface area contributed by atoms with Crippen LogP contribution in [0.5, 0.6) is 0 Å². The fraction of sp³-hybridized carbons (Fsp3) is 0.357. The minimum absolute atomic E-state index is 0.190. The second-order valence-corrected chi connectivity index (χ2v) is 16.9. The molecule has 10 atom stereocenters. The zero-order chi connectivity index (χ0) is 45.2. The van der Waals surface area contributed by atoms with Crippen LogP contribution in [0.15, 0.2) is 182 Å². The van der Waals surface area contributed by atoms with Crippen molar-refractivity contribution in [1.29, 1.82) is 0 Å². The fourth-order valence-corrected chi connectivity index (χ4v) is 8.81. The summed E-state index contributed by atoms with van der Waals surface area (Å²) in [7, 11) is 1.63.